The van der Waals surface area contributed by atoms with E-state index >= 15 is 0 Å². The molecule has 0 aliphatic heterocycles. The average Bonchev–Trinajstić information content (AvgIpc) is 2.70. The highest BCUT2D eigenvalue weighted by Gasteiger charge is 2.01. The third-order valence-corrected chi connectivity index (χ3v) is 3.63. The minimum absolute atomic E-state index is 0.498. The van der Waals surface area contributed by atoms with Crippen LogP contribution in [-0.2, 0) is 6.61 Å². The monoisotopic (exact) mass is 350 g/mol. The smallest absolute Gasteiger partial charge is 0.131 e. The Morgan fingerprint density at radius 3 is 1.96 bits per heavy atom. The quantitative estimate of drug-likeness (QED) is 0.515. The van der Waals surface area contributed by atoms with E-state index in [0.29, 0.717) is 6.61 Å². The maximum Gasteiger partial charge on any atom is 0.131 e. The van der Waals surface area contributed by atoms with Crippen LogP contribution in [0.4, 0.5) is 0 Å². The standard InChI is InChI=1S/C21H20O3.C2H6/c1-16-6-10-19(11-7-16)24-21-5-3-4-20(14-21)23-15-17-8-12-18(22-2)13-9-17;1-2/h3-14H,15H2,1-2H3;1-2H3. The van der Waals surface area contributed by atoms with E-state index in [9.17, 15) is 0 Å². The van der Waals surface area contributed by atoms with Crippen LogP contribution >= 0.6 is 0 Å². The van der Waals surface area contributed by atoms with Gasteiger partial charge in [-0.3, -0.25) is 0 Å². The Morgan fingerprint density at radius 1 is 0.692 bits per heavy atom. The molecule has 136 valence electrons. The lowest BCUT2D eigenvalue weighted by Crippen LogP contribution is -1.95. The Bertz CT molecular complexity index is 777. The van der Waals surface area contributed by atoms with E-state index in [2.05, 4.69) is 6.92 Å². The number of benzene rings is 3. The fraction of sp³-hybridized carbons (Fsp3) is 0.217. The molecule has 0 aliphatic carbocycles. The minimum Gasteiger partial charge on any atom is -0.497 e. The van der Waals surface area contributed by atoms with Gasteiger partial charge in [0.05, 0.1) is 7.11 Å². The molecule has 0 bridgehead atoms. The molecule has 0 unspecified atom stereocenters. The molecule has 0 amide bonds. The molecular weight excluding hydrogens is 324 g/mol. The summed E-state index contributed by atoms with van der Waals surface area (Å²) >= 11 is 0. The van der Waals surface area contributed by atoms with Gasteiger partial charge in [-0.25, -0.2) is 0 Å². The van der Waals surface area contributed by atoms with Gasteiger partial charge >= 0.3 is 0 Å². The van der Waals surface area contributed by atoms with Gasteiger partial charge in [-0.1, -0.05) is 49.7 Å². The first-order chi connectivity index (χ1) is 12.7. The van der Waals surface area contributed by atoms with E-state index in [-0.39, 0.29) is 0 Å². The van der Waals surface area contributed by atoms with Gasteiger partial charge in [0.1, 0.15) is 29.6 Å². The lowest BCUT2D eigenvalue weighted by Gasteiger charge is -2.10. The number of hydrogen-bond donors (Lipinski definition) is 0. The van der Waals surface area contributed by atoms with Gasteiger partial charge in [-0.15, -0.1) is 0 Å². The fourth-order valence-corrected chi connectivity index (χ4v) is 2.26. The Kier molecular flexibility index (Phi) is 7.56. The van der Waals surface area contributed by atoms with E-state index < -0.39 is 0 Å². The molecule has 3 aromatic rings. The molecule has 0 fully saturated rings. The van der Waals surface area contributed by atoms with Crippen LogP contribution in [0.2, 0.25) is 0 Å². The van der Waals surface area contributed by atoms with Gasteiger partial charge in [0.2, 0.25) is 0 Å². The molecule has 0 heterocycles. The zero-order valence-electron chi connectivity index (χ0n) is 15.9. The number of aryl methyl sites for hydroxylation is 1. The third kappa shape index (κ3) is 5.85. The predicted molar refractivity (Wildman–Crippen MR) is 106 cm³/mol. The number of rotatable bonds is 6. The topological polar surface area (TPSA) is 27.7 Å². The summed E-state index contributed by atoms with van der Waals surface area (Å²) in [5.41, 5.74) is 2.29. The largest absolute Gasteiger partial charge is 0.497 e. The van der Waals surface area contributed by atoms with Crippen LogP contribution in [0.5, 0.6) is 23.0 Å². The molecule has 0 atom stereocenters. The van der Waals surface area contributed by atoms with E-state index in [1.54, 1.807) is 7.11 Å². The second-order valence-corrected chi connectivity index (χ2v) is 5.53. The van der Waals surface area contributed by atoms with Crippen LogP contribution in [-0.4, -0.2) is 7.11 Å². The van der Waals surface area contributed by atoms with Gasteiger partial charge in [0, 0.05) is 6.07 Å². The zero-order chi connectivity index (χ0) is 18.8. The van der Waals surface area contributed by atoms with Gasteiger partial charge in [-0.2, -0.15) is 0 Å². The zero-order valence-corrected chi connectivity index (χ0v) is 15.9. The summed E-state index contributed by atoms with van der Waals surface area (Å²) in [6.07, 6.45) is 0. The maximum atomic E-state index is 5.86. The second-order valence-electron chi connectivity index (χ2n) is 5.53. The number of hydrogen-bond acceptors (Lipinski definition) is 3. The predicted octanol–water partition coefficient (Wildman–Crippen LogP) is 6.40. The normalized spacial score (nSPS) is 9.69. The van der Waals surface area contributed by atoms with Crippen LogP contribution in [0.1, 0.15) is 25.0 Å². The van der Waals surface area contributed by atoms with Crippen molar-refractivity contribution in [2.24, 2.45) is 0 Å². The summed E-state index contributed by atoms with van der Waals surface area (Å²) in [5.74, 6) is 3.18. The first-order valence-corrected chi connectivity index (χ1v) is 8.83. The summed E-state index contributed by atoms with van der Waals surface area (Å²) < 4.78 is 16.9. The second kappa shape index (κ2) is 10.1. The summed E-state index contributed by atoms with van der Waals surface area (Å²) in [5, 5.41) is 0. The summed E-state index contributed by atoms with van der Waals surface area (Å²) in [6, 6.07) is 23.5. The number of methoxy groups -OCH3 is 1. The molecule has 3 nitrogen and oxygen atoms in total. The Labute approximate surface area is 156 Å². The molecule has 0 aliphatic rings. The van der Waals surface area contributed by atoms with Crippen molar-refractivity contribution >= 4 is 0 Å². The molecule has 3 heteroatoms. The Balaban J connectivity index is 0.00000117. The van der Waals surface area contributed by atoms with Crippen molar-refractivity contribution in [3.8, 4) is 23.0 Å². The summed E-state index contributed by atoms with van der Waals surface area (Å²) in [6.45, 7) is 6.55. The number of ether oxygens (including phenoxy) is 3. The van der Waals surface area contributed by atoms with Crippen LogP contribution in [0.15, 0.2) is 72.8 Å². The molecule has 0 N–H and O–H groups in total. The van der Waals surface area contributed by atoms with E-state index in [0.717, 1.165) is 28.6 Å². The van der Waals surface area contributed by atoms with Crippen molar-refractivity contribution < 1.29 is 14.2 Å². The Hall–Kier alpha value is -2.94. The van der Waals surface area contributed by atoms with Crippen molar-refractivity contribution in [2.45, 2.75) is 27.4 Å². The van der Waals surface area contributed by atoms with Crippen LogP contribution in [0.25, 0.3) is 0 Å². The van der Waals surface area contributed by atoms with E-state index in [1.165, 1.54) is 5.56 Å². The highest BCUT2D eigenvalue weighted by Crippen LogP contribution is 2.26. The van der Waals surface area contributed by atoms with Crippen molar-refractivity contribution in [1.82, 2.24) is 0 Å². The maximum absolute atomic E-state index is 5.86. The highest BCUT2D eigenvalue weighted by atomic mass is 16.5. The van der Waals surface area contributed by atoms with Crippen molar-refractivity contribution in [2.75, 3.05) is 7.11 Å². The van der Waals surface area contributed by atoms with Crippen molar-refractivity contribution in [1.29, 1.82) is 0 Å². The van der Waals surface area contributed by atoms with E-state index in [4.69, 9.17) is 14.2 Å². The molecule has 3 rings (SSSR count). The lowest BCUT2D eigenvalue weighted by molar-refractivity contribution is 0.304. The van der Waals surface area contributed by atoms with Gasteiger partial charge in [0.25, 0.3) is 0 Å². The molecule has 0 radical (unpaired) electrons. The highest BCUT2D eigenvalue weighted by molar-refractivity contribution is 5.37. The molecule has 0 spiro atoms. The summed E-state index contributed by atoms with van der Waals surface area (Å²) in [4.78, 5) is 0. The first kappa shape index (κ1) is 19.4. The van der Waals surface area contributed by atoms with E-state index in [1.807, 2.05) is 86.6 Å². The molecule has 0 saturated carbocycles. The van der Waals surface area contributed by atoms with Gasteiger partial charge in [0.15, 0.2) is 0 Å². The minimum atomic E-state index is 0.498. The SMILES string of the molecule is CC.COc1ccc(COc2cccc(Oc3ccc(C)cc3)c2)cc1. The first-order valence-electron chi connectivity index (χ1n) is 8.83. The summed E-state index contributed by atoms with van der Waals surface area (Å²) in [7, 11) is 1.66. The fourth-order valence-electron chi connectivity index (χ4n) is 2.26. The van der Waals surface area contributed by atoms with Crippen LogP contribution in [0.3, 0.4) is 0 Å². The van der Waals surface area contributed by atoms with Gasteiger partial charge < -0.3 is 14.2 Å². The van der Waals surface area contributed by atoms with Crippen molar-refractivity contribution in [3.63, 3.8) is 0 Å². The molecular formula is C23H26O3. The molecule has 0 aromatic heterocycles. The molecule has 26 heavy (non-hydrogen) atoms. The Morgan fingerprint density at radius 2 is 1.31 bits per heavy atom. The van der Waals surface area contributed by atoms with Crippen LogP contribution in [0, 0.1) is 6.92 Å². The average molecular weight is 350 g/mol. The van der Waals surface area contributed by atoms with Gasteiger partial charge in [-0.05, 0) is 48.9 Å². The molecule has 0 saturated heterocycles. The van der Waals surface area contributed by atoms with Crippen LogP contribution < -0.4 is 14.2 Å². The third-order valence-electron chi connectivity index (χ3n) is 3.63. The lowest BCUT2D eigenvalue weighted by atomic mass is 10.2. The van der Waals surface area contributed by atoms with Crippen molar-refractivity contribution in [3.05, 3.63) is 83.9 Å². The molecule has 3 aromatic carbocycles.